The fourth-order valence-corrected chi connectivity index (χ4v) is 4.11. The Labute approximate surface area is 203 Å². The van der Waals surface area contributed by atoms with Crippen molar-refractivity contribution in [1.29, 1.82) is 0 Å². The zero-order valence-electron chi connectivity index (χ0n) is 19.6. The van der Waals surface area contributed by atoms with E-state index in [0.717, 1.165) is 24.9 Å². The standard InChI is InChI=1S/C24H30N8O3/c1-26-22-20(23(35)28-13-19(34)29-21-18(33)10-5-11-27-21)32(14-16-7-3-2-4-8-16)24(30-22)31-12-6-9-17(25)15-31/h2-5,7-8,10-11,17,26,33H,6,9,12-15,25H2,1H3,(H,28,35)(H,27,29,34)/t17-/m1/s1. The van der Waals surface area contributed by atoms with Crippen LogP contribution < -0.4 is 26.6 Å². The van der Waals surface area contributed by atoms with Crippen LogP contribution in [0.4, 0.5) is 17.6 Å². The minimum absolute atomic E-state index is 0.0282. The largest absolute Gasteiger partial charge is 0.504 e. The molecule has 0 unspecified atom stereocenters. The normalized spacial score (nSPS) is 15.5. The van der Waals surface area contributed by atoms with Crippen LogP contribution in [0, 0.1) is 0 Å². The van der Waals surface area contributed by atoms with E-state index in [1.54, 1.807) is 13.1 Å². The molecule has 3 heterocycles. The maximum Gasteiger partial charge on any atom is 0.272 e. The molecule has 1 aromatic carbocycles. The topological polar surface area (TPSA) is 150 Å². The van der Waals surface area contributed by atoms with Crippen molar-refractivity contribution >= 4 is 29.4 Å². The Balaban J connectivity index is 1.58. The molecule has 2 aromatic heterocycles. The molecule has 11 nitrogen and oxygen atoms in total. The van der Waals surface area contributed by atoms with Gasteiger partial charge in [0.1, 0.15) is 0 Å². The Morgan fingerprint density at radius 2 is 1.97 bits per heavy atom. The highest BCUT2D eigenvalue weighted by Gasteiger charge is 2.28. The van der Waals surface area contributed by atoms with E-state index in [1.807, 2.05) is 34.9 Å². The zero-order chi connectivity index (χ0) is 24.8. The van der Waals surface area contributed by atoms with E-state index in [0.29, 0.717) is 30.5 Å². The van der Waals surface area contributed by atoms with Gasteiger partial charge in [-0.2, -0.15) is 4.98 Å². The van der Waals surface area contributed by atoms with Gasteiger partial charge in [-0.3, -0.25) is 14.2 Å². The third kappa shape index (κ3) is 5.69. The quantitative estimate of drug-likeness (QED) is 0.326. The number of nitrogens with two attached hydrogens (primary N) is 1. The van der Waals surface area contributed by atoms with Crippen molar-refractivity contribution in [2.45, 2.75) is 25.4 Å². The van der Waals surface area contributed by atoms with Crippen molar-refractivity contribution < 1.29 is 14.7 Å². The van der Waals surface area contributed by atoms with Crippen molar-refractivity contribution in [2.24, 2.45) is 5.73 Å². The lowest BCUT2D eigenvalue weighted by atomic mass is 10.1. The van der Waals surface area contributed by atoms with Crippen molar-refractivity contribution in [3.05, 3.63) is 59.9 Å². The van der Waals surface area contributed by atoms with Crippen LogP contribution in [0.25, 0.3) is 0 Å². The van der Waals surface area contributed by atoms with E-state index >= 15 is 0 Å². The Hall–Kier alpha value is -4.12. The summed E-state index contributed by atoms with van der Waals surface area (Å²) in [5.41, 5.74) is 7.54. The molecule has 3 aromatic rings. The van der Waals surface area contributed by atoms with Gasteiger partial charge in [-0.05, 0) is 30.5 Å². The zero-order valence-corrected chi connectivity index (χ0v) is 19.6. The van der Waals surface area contributed by atoms with E-state index in [1.165, 1.54) is 12.3 Å². The molecule has 1 atom stereocenters. The fourth-order valence-electron chi connectivity index (χ4n) is 4.11. The average molecular weight is 479 g/mol. The molecule has 35 heavy (non-hydrogen) atoms. The van der Waals surface area contributed by atoms with Crippen molar-refractivity contribution in [3.8, 4) is 5.75 Å². The molecule has 0 spiro atoms. The van der Waals surface area contributed by atoms with Crippen LogP contribution in [0.2, 0.25) is 0 Å². The van der Waals surface area contributed by atoms with Crippen LogP contribution >= 0.6 is 0 Å². The highest BCUT2D eigenvalue weighted by atomic mass is 16.3. The summed E-state index contributed by atoms with van der Waals surface area (Å²) in [5.74, 6) is -0.0346. The predicted octanol–water partition coefficient (Wildman–Crippen LogP) is 1.37. The van der Waals surface area contributed by atoms with Crippen LogP contribution in [0.3, 0.4) is 0 Å². The number of carbonyl (C=O) groups is 2. The number of amides is 2. The lowest BCUT2D eigenvalue weighted by Crippen LogP contribution is -2.44. The number of anilines is 3. The molecule has 0 saturated carbocycles. The highest BCUT2D eigenvalue weighted by molar-refractivity contribution is 6.01. The number of benzene rings is 1. The summed E-state index contributed by atoms with van der Waals surface area (Å²) >= 11 is 0. The lowest BCUT2D eigenvalue weighted by molar-refractivity contribution is -0.115. The molecule has 1 aliphatic heterocycles. The minimum atomic E-state index is -0.519. The van der Waals surface area contributed by atoms with E-state index in [9.17, 15) is 14.7 Å². The molecule has 4 rings (SSSR count). The average Bonchev–Trinajstić information content (AvgIpc) is 3.23. The van der Waals surface area contributed by atoms with Gasteiger partial charge in [0.15, 0.2) is 23.1 Å². The van der Waals surface area contributed by atoms with Crippen LogP contribution in [-0.4, -0.2) is 64.2 Å². The number of aromatic nitrogens is 3. The molecule has 184 valence electrons. The number of hydrogen-bond acceptors (Lipinski definition) is 8. The van der Waals surface area contributed by atoms with Crippen molar-refractivity contribution in [2.75, 3.05) is 42.2 Å². The number of carbonyl (C=O) groups excluding carboxylic acids is 2. The number of aromatic hydroxyl groups is 1. The minimum Gasteiger partial charge on any atom is -0.504 e. The molecule has 6 N–H and O–H groups in total. The first-order valence-electron chi connectivity index (χ1n) is 11.5. The first-order valence-corrected chi connectivity index (χ1v) is 11.5. The van der Waals surface area contributed by atoms with Gasteiger partial charge in [-0.15, -0.1) is 0 Å². The Morgan fingerprint density at radius 1 is 1.17 bits per heavy atom. The summed E-state index contributed by atoms with van der Waals surface area (Å²) in [6.45, 7) is 1.55. The molecule has 1 aliphatic rings. The third-order valence-electron chi connectivity index (χ3n) is 5.78. The summed E-state index contributed by atoms with van der Waals surface area (Å²) in [4.78, 5) is 36.5. The number of nitrogens with zero attached hydrogens (tertiary/aromatic N) is 4. The van der Waals surface area contributed by atoms with E-state index < -0.39 is 11.8 Å². The first kappa shape index (κ1) is 24.0. The Bertz CT molecular complexity index is 1180. The molecule has 11 heteroatoms. The number of rotatable bonds is 8. The van der Waals surface area contributed by atoms with Gasteiger partial charge in [-0.25, -0.2) is 4.98 Å². The van der Waals surface area contributed by atoms with Gasteiger partial charge < -0.3 is 31.7 Å². The fraction of sp³-hybridized carbons (Fsp3) is 0.333. The first-order chi connectivity index (χ1) is 17.0. The summed E-state index contributed by atoms with van der Waals surface area (Å²) in [6, 6.07) is 12.8. The summed E-state index contributed by atoms with van der Waals surface area (Å²) in [6.07, 6.45) is 3.34. The van der Waals surface area contributed by atoms with E-state index in [-0.39, 0.29) is 24.2 Å². The second kappa shape index (κ2) is 10.9. The van der Waals surface area contributed by atoms with Crippen LogP contribution in [0.1, 0.15) is 28.9 Å². The molecular weight excluding hydrogens is 448 g/mol. The van der Waals surface area contributed by atoms with Gasteiger partial charge in [0.25, 0.3) is 5.91 Å². The molecule has 2 amide bonds. The summed E-state index contributed by atoms with van der Waals surface area (Å²) in [7, 11) is 1.70. The van der Waals surface area contributed by atoms with Gasteiger partial charge >= 0.3 is 0 Å². The van der Waals surface area contributed by atoms with Crippen molar-refractivity contribution in [3.63, 3.8) is 0 Å². The smallest absolute Gasteiger partial charge is 0.272 e. The molecular formula is C24H30N8O3. The van der Waals surface area contributed by atoms with Crippen LogP contribution in [0.15, 0.2) is 48.7 Å². The van der Waals surface area contributed by atoms with Crippen molar-refractivity contribution in [1.82, 2.24) is 19.9 Å². The summed E-state index contributed by atoms with van der Waals surface area (Å²) in [5, 5.41) is 18.0. The molecule has 0 radical (unpaired) electrons. The van der Waals surface area contributed by atoms with Gasteiger partial charge in [0, 0.05) is 32.4 Å². The molecule has 1 saturated heterocycles. The molecule has 0 aliphatic carbocycles. The lowest BCUT2D eigenvalue weighted by Gasteiger charge is -2.32. The molecule has 1 fully saturated rings. The monoisotopic (exact) mass is 478 g/mol. The van der Waals surface area contributed by atoms with E-state index in [2.05, 4.69) is 25.8 Å². The maximum absolute atomic E-state index is 13.3. The predicted molar refractivity (Wildman–Crippen MR) is 134 cm³/mol. The number of piperidine rings is 1. The number of hydrogen-bond donors (Lipinski definition) is 5. The van der Waals surface area contributed by atoms with Crippen LogP contribution in [0.5, 0.6) is 5.75 Å². The maximum atomic E-state index is 13.3. The Kier molecular flexibility index (Phi) is 7.46. The second-order valence-corrected chi connectivity index (χ2v) is 8.38. The number of imidazole rings is 1. The number of pyridine rings is 1. The SMILES string of the molecule is CNc1nc(N2CCC[C@@H](N)C2)n(Cc2ccccc2)c1C(=O)NCC(=O)Nc1ncccc1O. The van der Waals surface area contributed by atoms with Gasteiger partial charge in [0.05, 0.1) is 13.1 Å². The summed E-state index contributed by atoms with van der Waals surface area (Å²) < 4.78 is 1.86. The van der Waals surface area contributed by atoms with Crippen LogP contribution in [-0.2, 0) is 11.3 Å². The van der Waals surface area contributed by atoms with Gasteiger partial charge in [-0.1, -0.05) is 30.3 Å². The van der Waals surface area contributed by atoms with Gasteiger partial charge in [0.2, 0.25) is 11.9 Å². The highest BCUT2D eigenvalue weighted by Crippen LogP contribution is 2.27. The Morgan fingerprint density at radius 3 is 2.69 bits per heavy atom. The second-order valence-electron chi connectivity index (χ2n) is 8.38. The third-order valence-corrected chi connectivity index (χ3v) is 5.78. The molecule has 0 bridgehead atoms. The number of nitrogens with one attached hydrogen (secondary N) is 3. The van der Waals surface area contributed by atoms with E-state index in [4.69, 9.17) is 10.7 Å².